The standard InChI is InChI=1S/C13H17ClN4O2/c1-4-9-6-17(13(20)15-12(9)19)7-10-11(14)8(3)16-18(10)5-2/h6H,4-5,7H2,1-3H3,(H,15,19,20). The lowest BCUT2D eigenvalue weighted by Gasteiger charge is -2.09. The van der Waals surface area contributed by atoms with Gasteiger partial charge >= 0.3 is 5.69 Å². The molecule has 2 aromatic rings. The van der Waals surface area contributed by atoms with Gasteiger partial charge in [0.05, 0.1) is 23.0 Å². The van der Waals surface area contributed by atoms with Crippen molar-refractivity contribution in [3.05, 3.63) is 49.0 Å². The minimum absolute atomic E-state index is 0.288. The molecule has 0 aliphatic carbocycles. The van der Waals surface area contributed by atoms with Gasteiger partial charge in [0.1, 0.15) is 0 Å². The van der Waals surface area contributed by atoms with E-state index in [-0.39, 0.29) is 12.1 Å². The van der Waals surface area contributed by atoms with Crippen LogP contribution < -0.4 is 11.2 Å². The minimum Gasteiger partial charge on any atom is -0.294 e. The van der Waals surface area contributed by atoms with Gasteiger partial charge in [0.25, 0.3) is 5.56 Å². The van der Waals surface area contributed by atoms with Crippen LogP contribution in [-0.2, 0) is 19.5 Å². The Kier molecular flexibility index (Phi) is 4.13. The highest BCUT2D eigenvalue weighted by molar-refractivity contribution is 6.31. The summed E-state index contributed by atoms with van der Waals surface area (Å²) < 4.78 is 3.22. The average Bonchev–Trinajstić information content (AvgIpc) is 2.69. The van der Waals surface area contributed by atoms with Gasteiger partial charge in [0, 0.05) is 18.3 Å². The first-order valence-corrected chi connectivity index (χ1v) is 6.90. The lowest BCUT2D eigenvalue weighted by atomic mass is 10.2. The van der Waals surface area contributed by atoms with Crippen molar-refractivity contribution in [1.82, 2.24) is 19.3 Å². The van der Waals surface area contributed by atoms with Crippen LogP contribution in [0.2, 0.25) is 5.02 Å². The molecule has 6 nitrogen and oxygen atoms in total. The first-order chi connectivity index (χ1) is 9.47. The van der Waals surface area contributed by atoms with Gasteiger partial charge in [-0.05, 0) is 20.3 Å². The molecule has 0 saturated heterocycles. The minimum atomic E-state index is -0.440. The van der Waals surface area contributed by atoms with Crippen molar-refractivity contribution in [2.45, 2.75) is 40.3 Å². The number of rotatable bonds is 4. The van der Waals surface area contributed by atoms with E-state index in [1.54, 1.807) is 10.9 Å². The number of aromatic nitrogens is 4. The number of hydrogen-bond donors (Lipinski definition) is 1. The molecule has 2 rings (SSSR count). The molecule has 0 aliphatic heterocycles. The molecule has 0 saturated carbocycles. The highest BCUT2D eigenvalue weighted by Crippen LogP contribution is 2.20. The van der Waals surface area contributed by atoms with E-state index in [4.69, 9.17) is 11.6 Å². The Bertz CT molecular complexity index is 742. The fraction of sp³-hybridized carbons (Fsp3) is 0.462. The third-order valence-electron chi connectivity index (χ3n) is 3.24. The van der Waals surface area contributed by atoms with Crippen molar-refractivity contribution in [3.63, 3.8) is 0 Å². The third-order valence-corrected chi connectivity index (χ3v) is 3.73. The number of hydrogen-bond acceptors (Lipinski definition) is 3. The van der Waals surface area contributed by atoms with Crippen molar-refractivity contribution in [1.29, 1.82) is 0 Å². The molecule has 0 aliphatic rings. The largest absolute Gasteiger partial charge is 0.328 e. The zero-order chi connectivity index (χ0) is 14.9. The van der Waals surface area contributed by atoms with E-state index in [0.717, 1.165) is 11.4 Å². The summed E-state index contributed by atoms with van der Waals surface area (Å²) in [5.41, 5.74) is 1.30. The van der Waals surface area contributed by atoms with Crippen LogP contribution in [0, 0.1) is 6.92 Å². The Hall–Kier alpha value is -1.82. The van der Waals surface area contributed by atoms with Gasteiger partial charge in [-0.3, -0.25) is 19.0 Å². The van der Waals surface area contributed by atoms with Gasteiger partial charge in [0.2, 0.25) is 0 Å². The van der Waals surface area contributed by atoms with Gasteiger partial charge in [-0.15, -0.1) is 0 Å². The van der Waals surface area contributed by atoms with Crippen molar-refractivity contribution in [3.8, 4) is 0 Å². The molecule has 20 heavy (non-hydrogen) atoms. The van der Waals surface area contributed by atoms with Crippen LogP contribution in [0.5, 0.6) is 0 Å². The zero-order valence-electron chi connectivity index (χ0n) is 11.7. The first-order valence-electron chi connectivity index (χ1n) is 6.52. The fourth-order valence-corrected chi connectivity index (χ4v) is 2.30. The van der Waals surface area contributed by atoms with Gasteiger partial charge in [-0.1, -0.05) is 18.5 Å². The summed E-state index contributed by atoms with van der Waals surface area (Å²) in [5.74, 6) is 0. The van der Waals surface area contributed by atoms with Crippen LogP contribution in [-0.4, -0.2) is 19.3 Å². The molecule has 0 fully saturated rings. The van der Waals surface area contributed by atoms with E-state index in [1.807, 2.05) is 20.8 Å². The Morgan fingerprint density at radius 2 is 2.05 bits per heavy atom. The Morgan fingerprint density at radius 3 is 2.65 bits per heavy atom. The topological polar surface area (TPSA) is 72.7 Å². The van der Waals surface area contributed by atoms with Crippen molar-refractivity contribution < 1.29 is 0 Å². The summed E-state index contributed by atoms with van der Waals surface area (Å²) in [4.78, 5) is 25.7. The molecule has 2 aromatic heterocycles. The molecular weight excluding hydrogens is 280 g/mol. The second-order valence-electron chi connectivity index (χ2n) is 4.56. The molecule has 1 N–H and O–H groups in total. The Balaban J connectivity index is 2.50. The van der Waals surface area contributed by atoms with Gasteiger partial charge in [-0.25, -0.2) is 4.79 Å². The fourth-order valence-electron chi connectivity index (χ4n) is 2.11. The molecule has 0 spiro atoms. The predicted octanol–water partition coefficient (Wildman–Crippen LogP) is 1.33. The highest BCUT2D eigenvalue weighted by Gasteiger charge is 2.14. The number of nitrogens with one attached hydrogen (secondary N) is 1. The molecule has 0 unspecified atom stereocenters. The molecular formula is C13H17ClN4O2. The molecule has 2 heterocycles. The van der Waals surface area contributed by atoms with Crippen molar-refractivity contribution >= 4 is 11.6 Å². The molecule has 0 amide bonds. The second kappa shape index (κ2) is 5.66. The van der Waals surface area contributed by atoms with Gasteiger partial charge < -0.3 is 0 Å². The molecule has 0 atom stereocenters. The molecule has 0 aromatic carbocycles. The quantitative estimate of drug-likeness (QED) is 0.925. The zero-order valence-corrected chi connectivity index (χ0v) is 12.5. The summed E-state index contributed by atoms with van der Waals surface area (Å²) in [7, 11) is 0. The number of halogens is 1. The first kappa shape index (κ1) is 14.6. The molecule has 108 valence electrons. The maximum absolute atomic E-state index is 11.9. The summed E-state index contributed by atoms with van der Waals surface area (Å²) >= 11 is 6.23. The van der Waals surface area contributed by atoms with Crippen LogP contribution in [0.25, 0.3) is 0 Å². The molecule has 0 bridgehead atoms. The summed E-state index contributed by atoms with van der Waals surface area (Å²) in [6, 6.07) is 0. The average molecular weight is 297 g/mol. The highest BCUT2D eigenvalue weighted by atomic mass is 35.5. The van der Waals surface area contributed by atoms with Crippen LogP contribution in [0.3, 0.4) is 0 Å². The van der Waals surface area contributed by atoms with Crippen LogP contribution in [0.15, 0.2) is 15.8 Å². The van der Waals surface area contributed by atoms with Crippen molar-refractivity contribution in [2.75, 3.05) is 0 Å². The SMILES string of the molecule is CCc1cn(Cc2c(Cl)c(C)nn2CC)c(=O)[nH]c1=O. The number of aryl methyl sites for hydroxylation is 3. The van der Waals surface area contributed by atoms with E-state index < -0.39 is 5.69 Å². The van der Waals surface area contributed by atoms with Crippen LogP contribution >= 0.6 is 11.6 Å². The summed E-state index contributed by atoms with van der Waals surface area (Å²) in [6.45, 7) is 6.61. The lowest BCUT2D eigenvalue weighted by Crippen LogP contribution is -2.32. The summed E-state index contributed by atoms with van der Waals surface area (Å²) in [6.07, 6.45) is 2.15. The van der Waals surface area contributed by atoms with Gasteiger partial charge in [-0.2, -0.15) is 5.10 Å². The molecule has 0 radical (unpaired) electrons. The second-order valence-corrected chi connectivity index (χ2v) is 4.93. The van der Waals surface area contributed by atoms with Crippen LogP contribution in [0.4, 0.5) is 0 Å². The maximum atomic E-state index is 11.9. The molecule has 7 heteroatoms. The predicted molar refractivity (Wildman–Crippen MR) is 77.5 cm³/mol. The normalized spacial score (nSPS) is 11.0. The number of nitrogens with zero attached hydrogens (tertiary/aromatic N) is 3. The number of aromatic amines is 1. The van der Waals surface area contributed by atoms with Crippen LogP contribution in [0.1, 0.15) is 30.8 Å². The van der Waals surface area contributed by atoms with Crippen molar-refractivity contribution in [2.24, 2.45) is 0 Å². The smallest absolute Gasteiger partial charge is 0.294 e. The Morgan fingerprint density at radius 1 is 1.35 bits per heavy atom. The van der Waals surface area contributed by atoms with Gasteiger partial charge in [0.15, 0.2) is 0 Å². The summed E-state index contributed by atoms with van der Waals surface area (Å²) in [5, 5.41) is 4.87. The maximum Gasteiger partial charge on any atom is 0.328 e. The Labute approximate surface area is 121 Å². The third kappa shape index (κ3) is 2.56. The van der Waals surface area contributed by atoms with E-state index >= 15 is 0 Å². The van der Waals surface area contributed by atoms with E-state index in [9.17, 15) is 9.59 Å². The van der Waals surface area contributed by atoms with E-state index in [0.29, 0.717) is 23.6 Å². The van der Waals surface area contributed by atoms with E-state index in [2.05, 4.69) is 10.1 Å². The lowest BCUT2D eigenvalue weighted by molar-refractivity contribution is 0.584. The number of H-pyrrole nitrogens is 1. The monoisotopic (exact) mass is 296 g/mol. The van der Waals surface area contributed by atoms with E-state index in [1.165, 1.54) is 4.57 Å².